The Hall–Kier alpha value is -0.630. The molecule has 1 rings (SSSR count). The second-order valence-electron chi connectivity index (χ2n) is 3.89. The highest BCUT2D eigenvalue weighted by atomic mass is 32.2. The number of halogens is 3. The third-order valence-corrected chi connectivity index (χ3v) is 5.14. The van der Waals surface area contributed by atoms with Gasteiger partial charge in [0.1, 0.15) is 0 Å². The predicted molar refractivity (Wildman–Crippen MR) is 54.3 cm³/mol. The highest BCUT2D eigenvalue weighted by Crippen LogP contribution is 2.42. The molecule has 0 bridgehead atoms. The maximum Gasteiger partial charge on any atom is 0.398 e. The molecule has 0 aliphatic carbocycles. The van der Waals surface area contributed by atoms with Gasteiger partial charge in [-0.15, -0.1) is 11.3 Å². The molecular weight excluding hydrogens is 263 g/mol. The zero-order valence-electron chi connectivity index (χ0n) is 8.79. The minimum atomic E-state index is -4.44. The number of thiazole rings is 1. The van der Waals surface area contributed by atoms with E-state index in [1.165, 1.54) is 0 Å². The summed E-state index contributed by atoms with van der Waals surface area (Å²) in [6.07, 6.45) is -2.56. The molecule has 0 saturated heterocycles. The quantitative estimate of drug-likeness (QED) is 0.831. The van der Waals surface area contributed by atoms with Gasteiger partial charge < -0.3 is 0 Å². The molecule has 16 heavy (non-hydrogen) atoms. The molecule has 0 aliphatic rings. The van der Waals surface area contributed by atoms with Crippen molar-refractivity contribution in [3.05, 3.63) is 11.1 Å². The summed E-state index contributed by atoms with van der Waals surface area (Å²) in [6.45, 7) is 1.99. The number of hydrogen-bond acceptors (Lipinski definition) is 4. The number of aromatic nitrogens is 1. The van der Waals surface area contributed by atoms with Gasteiger partial charge in [-0.2, -0.15) is 13.2 Å². The summed E-state index contributed by atoms with van der Waals surface area (Å²) in [7, 11) is -3.55. The van der Waals surface area contributed by atoms with Gasteiger partial charge in [0, 0.05) is 17.3 Å². The molecule has 0 aromatic carbocycles. The highest BCUT2D eigenvalue weighted by Gasteiger charge is 2.49. The summed E-state index contributed by atoms with van der Waals surface area (Å²) < 4.78 is 59.9. The Bertz CT molecular complexity index is 488. The van der Waals surface area contributed by atoms with Gasteiger partial charge in [0.25, 0.3) is 0 Å². The number of nitrogens with zero attached hydrogens (tertiary/aromatic N) is 1. The number of hydrogen-bond donors (Lipinski definition) is 0. The van der Waals surface area contributed by atoms with Gasteiger partial charge in [-0.1, -0.05) is 0 Å². The van der Waals surface area contributed by atoms with Gasteiger partial charge in [-0.25, -0.2) is 13.4 Å². The van der Waals surface area contributed by atoms with E-state index >= 15 is 0 Å². The standard InChI is InChI=1S/C8H10F3NO2S2/c1-7(2,8(9,10)11)5-4-12-6(15-5)16(3,13)14/h4H,1-3H3. The van der Waals surface area contributed by atoms with Crippen LogP contribution in [0.15, 0.2) is 10.5 Å². The number of rotatable bonds is 2. The van der Waals surface area contributed by atoms with E-state index in [1.807, 2.05) is 0 Å². The molecule has 0 N–H and O–H groups in total. The first kappa shape index (κ1) is 13.4. The molecular formula is C8H10F3NO2S2. The Kier molecular flexibility index (Phi) is 3.10. The van der Waals surface area contributed by atoms with Crippen LogP contribution in [-0.2, 0) is 15.3 Å². The van der Waals surface area contributed by atoms with E-state index in [9.17, 15) is 21.6 Å². The van der Waals surface area contributed by atoms with Crippen LogP contribution in [0.2, 0.25) is 0 Å². The highest BCUT2D eigenvalue weighted by molar-refractivity contribution is 7.92. The lowest BCUT2D eigenvalue weighted by molar-refractivity contribution is -0.179. The van der Waals surface area contributed by atoms with Crippen molar-refractivity contribution in [2.24, 2.45) is 0 Å². The lowest BCUT2D eigenvalue weighted by Gasteiger charge is -2.25. The second kappa shape index (κ2) is 3.69. The van der Waals surface area contributed by atoms with Crippen LogP contribution in [0.25, 0.3) is 0 Å². The molecule has 92 valence electrons. The Labute approximate surface area is 95.2 Å². The summed E-state index contributed by atoms with van der Waals surface area (Å²) in [5.74, 6) is 0. The van der Waals surface area contributed by atoms with Crippen LogP contribution in [0.3, 0.4) is 0 Å². The van der Waals surface area contributed by atoms with Gasteiger partial charge in [0.15, 0.2) is 0 Å². The summed E-state index contributed by atoms with van der Waals surface area (Å²) in [4.78, 5) is 3.39. The molecule has 0 amide bonds. The number of sulfone groups is 1. The smallest absolute Gasteiger partial charge is 0.233 e. The molecule has 1 aromatic rings. The topological polar surface area (TPSA) is 47.0 Å². The fraction of sp³-hybridized carbons (Fsp3) is 0.625. The van der Waals surface area contributed by atoms with Crippen LogP contribution in [0.4, 0.5) is 13.2 Å². The van der Waals surface area contributed by atoms with E-state index in [-0.39, 0.29) is 9.22 Å². The Morgan fingerprint density at radius 2 is 1.81 bits per heavy atom. The average molecular weight is 273 g/mol. The van der Waals surface area contributed by atoms with Crippen molar-refractivity contribution in [3.63, 3.8) is 0 Å². The molecule has 3 nitrogen and oxygen atoms in total. The fourth-order valence-corrected chi connectivity index (χ4v) is 2.75. The predicted octanol–water partition coefficient (Wildman–Crippen LogP) is 2.39. The zero-order chi connectivity index (χ0) is 12.8. The second-order valence-corrected chi connectivity index (χ2v) is 7.11. The SMILES string of the molecule is CC(C)(c1cnc(S(C)(=O)=O)s1)C(F)(F)F. The van der Waals surface area contributed by atoms with E-state index < -0.39 is 21.4 Å². The fourth-order valence-electron chi connectivity index (χ4n) is 0.858. The largest absolute Gasteiger partial charge is 0.398 e. The summed E-state index contributed by atoms with van der Waals surface area (Å²) in [6, 6.07) is 0. The molecule has 0 unspecified atom stereocenters. The van der Waals surface area contributed by atoms with Crippen LogP contribution in [0.1, 0.15) is 18.7 Å². The van der Waals surface area contributed by atoms with E-state index in [0.717, 1.165) is 26.3 Å². The summed E-state index contributed by atoms with van der Waals surface area (Å²) in [5.41, 5.74) is -2.09. The molecule has 1 heterocycles. The first-order valence-electron chi connectivity index (χ1n) is 4.19. The van der Waals surface area contributed by atoms with Gasteiger partial charge >= 0.3 is 6.18 Å². The average Bonchev–Trinajstić information content (AvgIpc) is 2.47. The van der Waals surface area contributed by atoms with Crippen LogP contribution in [-0.4, -0.2) is 25.8 Å². The minimum Gasteiger partial charge on any atom is -0.233 e. The zero-order valence-corrected chi connectivity index (χ0v) is 10.4. The van der Waals surface area contributed by atoms with E-state index in [2.05, 4.69) is 4.98 Å². The summed E-state index contributed by atoms with van der Waals surface area (Å²) in [5, 5.41) is 0. The lowest BCUT2D eigenvalue weighted by Crippen LogP contribution is -2.35. The normalized spacial score (nSPS) is 14.1. The van der Waals surface area contributed by atoms with Crippen LogP contribution in [0.5, 0.6) is 0 Å². The van der Waals surface area contributed by atoms with Crippen molar-refractivity contribution in [2.45, 2.75) is 29.8 Å². The first-order chi connectivity index (χ1) is 6.96. The van der Waals surface area contributed by atoms with Crippen LogP contribution >= 0.6 is 11.3 Å². The molecule has 0 spiro atoms. The summed E-state index contributed by atoms with van der Waals surface area (Å²) >= 11 is 0.555. The van der Waals surface area contributed by atoms with Gasteiger partial charge in [0.2, 0.25) is 14.2 Å². The van der Waals surface area contributed by atoms with Crippen LogP contribution in [0, 0.1) is 0 Å². The third kappa shape index (κ3) is 2.37. The van der Waals surface area contributed by atoms with Crippen molar-refractivity contribution in [1.29, 1.82) is 0 Å². The molecule has 0 fully saturated rings. The monoisotopic (exact) mass is 273 g/mol. The van der Waals surface area contributed by atoms with E-state index in [4.69, 9.17) is 0 Å². The Morgan fingerprint density at radius 1 is 1.31 bits per heavy atom. The van der Waals surface area contributed by atoms with E-state index in [0.29, 0.717) is 11.3 Å². The van der Waals surface area contributed by atoms with Crippen molar-refractivity contribution in [1.82, 2.24) is 4.98 Å². The van der Waals surface area contributed by atoms with E-state index in [1.54, 1.807) is 0 Å². The van der Waals surface area contributed by atoms with Gasteiger partial charge in [-0.3, -0.25) is 0 Å². The molecule has 1 aromatic heterocycles. The molecule has 0 saturated carbocycles. The lowest BCUT2D eigenvalue weighted by atomic mass is 9.91. The molecule has 0 aliphatic heterocycles. The van der Waals surface area contributed by atoms with Crippen molar-refractivity contribution < 1.29 is 21.6 Å². The molecule has 0 radical (unpaired) electrons. The Morgan fingerprint density at radius 3 is 2.12 bits per heavy atom. The number of alkyl halides is 3. The van der Waals surface area contributed by atoms with Crippen molar-refractivity contribution >= 4 is 21.2 Å². The molecule has 8 heteroatoms. The maximum atomic E-state index is 12.7. The molecule has 0 atom stereocenters. The maximum absolute atomic E-state index is 12.7. The first-order valence-corrected chi connectivity index (χ1v) is 6.90. The van der Waals surface area contributed by atoms with Crippen LogP contribution < -0.4 is 0 Å². The van der Waals surface area contributed by atoms with Crippen molar-refractivity contribution in [2.75, 3.05) is 6.26 Å². The minimum absolute atomic E-state index is 0.111. The third-order valence-electron chi connectivity index (χ3n) is 2.13. The van der Waals surface area contributed by atoms with Gasteiger partial charge in [-0.05, 0) is 13.8 Å². The van der Waals surface area contributed by atoms with Gasteiger partial charge in [0.05, 0.1) is 5.41 Å². The Balaban J connectivity index is 3.23. The van der Waals surface area contributed by atoms with Crippen molar-refractivity contribution in [3.8, 4) is 0 Å².